The number of aromatic nitrogens is 3. The van der Waals surface area contributed by atoms with Crippen molar-refractivity contribution >= 4 is 5.69 Å². The molecular formula is C14H20N4. The topological polar surface area (TPSA) is 42.7 Å². The van der Waals surface area contributed by atoms with Crippen LogP contribution in [-0.2, 0) is 7.05 Å². The summed E-state index contributed by atoms with van der Waals surface area (Å²) in [5.74, 6) is 1.56. The first-order valence-electron chi connectivity index (χ1n) is 6.39. The lowest BCUT2D eigenvalue weighted by molar-refractivity contribution is 0.593. The van der Waals surface area contributed by atoms with E-state index in [9.17, 15) is 0 Å². The minimum atomic E-state index is 0.664. The van der Waals surface area contributed by atoms with Crippen molar-refractivity contribution in [2.45, 2.75) is 20.3 Å². The Morgan fingerprint density at radius 3 is 2.78 bits per heavy atom. The third-order valence-corrected chi connectivity index (χ3v) is 3.22. The number of anilines is 1. The van der Waals surface area contributed by atoms with E-state index in [4.69, 9.17) is 0 Å². The molecular weight excluding hydrogens is 224 g/mol. The van der Waals surface area contributed by atoms with E-state index >= 15 is 0 Å². The van der Waals surface area contributed by atoms with Crippen LogP contribution in [0.25, 0.3) is 11.4 Å². The number of benzene rings is 1. The molecule has 1 atom stereocenters. The van der Waals surface area contributed by atoms with Gasteiger partial charge in [0.1, 0.15) is 6.33 Å². The van der Waals surface area contributed by atoms with Gasteiger partial charge in [-0.05, 0) is 18.1 Å². The van der Waals surface area contributed by atoms with Gasteiger partial charge < -0.3 is 9.88 Å². The third-order valence-electron chi connectivity index (χ3n) is 3.22. The second kappa shape index (κ2) is 5.67. The first kappa shape index (κ1) is 12.6. The van der Waals surface area contributed by atoms with Crippen LogP contribution in [0.2, 0.25) is 0 Å². The Hall–Kier alpha value is -1.84. The third kappa shape index (κ3) is 2.70. The average molecular weight is 244 g/mol. The van der Waals surface area contributed by atoms with Crippen molar-refractivity contribution in [2.75, 3.05) is 11.9 Å². The minimum absolute atomic E-state index is 0.664. The van der Waals surface area contributed by atoms with Crippen LogP contribution in [0.4, 0.5) is 5.69 Å². The van der Waals surface area contributed by atoms with Crippen molar-refractivity contribution in [1.82, 2.24) is 14.8 Å². The lowest BCUT2D eigenvalue weighted by Crippen LogP contribution is -2.11. The molecule has 1 aromatic heterocycles. The summed E-state index contributed by atoms with van der Waals surface area (Å²) in [6.45, 7) is 5.43. The van der Waals surface area contributed by atoms with E-state index in [1.54, 1.807) is 6.33 Å². The Labute approximate surface area is 108 Å². The number of para-hydroxylation sites is 1. The van der Waals surface area contributed by atoms with Gasteiger partial charge in [0.05, 0.1) is 0 Å². The van der Waals surface area contributed by atoms with Gasteiger partial charge in [-0.15, -0.1) is 10.2 Å². The van der Waals surface area contributed by atoms with Crippen molar-refractivity contribution in [3.05, 3.63) is 30.6 Å². The van der Waals surface area contributed by atoms with Gasteiger partial charge in [-0.1, -0.05) is 32.4 Å². The molecule has 18 heavy (non-hydrogen) atoms. The Morgan fingerprint density at radius 2 is 2.11 bits per heavy atom. The van der Waals surface area contributed by atoms with Crippen LogP contribution in [0.5, 0.6) is 0 Å². The molecule has 4 nitrogen and oxygen atoms in total. The van der Waals surface area contributed by atoms with Crippen LogP contribution in [0, 0.1) is 5.92 Å². The van der Waals surface area contributed by atoms with Gasteiger partial charge >= 0.3 is 0 Å². The summed E-state index contributed by atoms with van der Waals surface area (Å²) >= 11 is 0. The molecule has 0 bridgehead atoms. The molecule has 4 heteroatoms. The molecule has 0 aliphatic carbocycles. The zero-order valence-electron chi connectivity index (χ0n) is 11.2. The number of hydrogen-bond donors (Lipinski definition) is 1. The highest BCUT2D eigenvalue weighted by molar-refractivity contribution is 5.73. The minimum Gasteiger partial charge on any atom is -0.384 e. The van der Waals surface area contributed by atoms with Crippen molar-refractivity contribution in [3.63, 3.8) is 0 Å². The maximum Gasteiger partial charge on any atom is 0.165 e. The van der Waals surface area contributed by atoms with Gasteiger partial charge in [0.25, 0.3) is 0 Å². The van der Waals surface area contributed by atoms with Crippen molar-refractivity contribution in [2.24, 2.45) is 13.0 Å². The summed E-state index contributed by atoms with van der Waals surface area (Å²) in [7, 11) is 1.96. The molecule has 0 fully saturated rings. The van der Waals surface area contributed by atoms with Crippen molar-refractivity contribution in [1.29, 1.82) is 0 Å². The molecule has 1 heterocycles. The van der Waals surface area contributed by atoms with Crippen molar-refractivity contribution < 1.29 is 0 Å². The maximum atomic E-state index is 4.17. The van der Waals surface area contributed by atoms with E-state index in [1.165, 1.54) is 6.42 Å². The van der Waals surface area contributed by atoms with E-state index in [1.807, 2.05) is 23.7 Å². The molecule has 0 spiro atoms. The zero-order chi connectivity index (χ0) is 13.0. The van der Waals surface area contributed by atoms with Gasteiger partial charge in [0.2, 0.25) is 0 Å². The standard InChI is InChI=1S/C14H20N4/c1-4-11(2)9-15-13-8-6-5-7-12(13)14-17-16-10-18(14)3/h5-8,10-11,15H,4,9H2,1-3H3. The normalized spacial score (nSPS) is 12.4. The van der Waals surface area contributed by atoms with Crippen LogP contribution < -0.4 is 5.32 Å². The average Bonchev–Trinajstić information content (AvgIpc) is 2.82. The Kier molecular flexibility index (Phi) is 3.97. The predicted molar refractivity (Wildman–Crippen MR) is 74.4 cm³/mol. The van der Waals surface area contributed by atoms with Gasteiger partial charge in [-0.3, -0.25) is 0 Å². The molecule has 1 unspecified atom stereocenters. The molecule has 0 radical (unpaired) electrons. The monoisotopic (exact) mass is 244 g/mol. The fraction of sp³-hybridized carbons (Fsp3) is 0.429. The van der Waals surface area contributed by atoms with Gasteiger partial charge in [-0.25, -0.2) is 0 Å². The maximum absolute atomic E-state index is 4.17. The van der Waals surface area contributed by atoms with Crippen LogP contribution in [-0.4, -0.2) is 21.3 Å². The Morgan fingerprint density at radius 1 is 1.33 bits per heavy atom. The van der Waals surface area contributed by atoms with E-state index in [-0.39, 0.29) is 0 Å². The lowest BCUT2D eigenvalue weighted by atomic mass is 10.1. The largest absolute Gasteiger partial charge is 0.384 e. The fourth-order valence-electron chi connectivity index (χ4n) is 1.79. The first-order valence-corrected chi connectivity index (χ1v) is 6.39. The number of hydrogen-bond acceptors (Lipinski definition) is 3. The molecule has 1 N–H and O–H groups in total. The first-order chi connectivity index (χ1) is 8.72. The van der Waals surface area contributed by atoms with Crippen LogP contribution >= 0.6 is 0 Å². The Balaban J connectivity index is 2.24. The summed E-state index contributed by atoms with van der Waals surface area (Å²) in [5, 5.41) is 11.6. The summed E-state index contributed by atoms with van der Waals surface area (Å²) in [4.78, 5) is 0. The number of nitrogens with one attached hydrogen (secondary N) is 1. The predicted octanol–water partition coefficient (Wildman–Crippen LogP) is 2.94. The molecule has 0 saturated heterocycles. The van der Waals surface area contributed by atoms with E-state index in [2.05, 4.69) is 41.5 Å². The molecule has 0 aliphatic heterocycles. The highest BCUT2D eigenvalue weighted by Crippen LogP contribution is 2.25. The second-order valence-corrected chi connectivity index (χ2v) is 4.71. The molecule has 96 valence electrons. The van der Waals surface area contributed by atoms with Gasteiger partial charge in [0.15, 0.2) is 5.82 Å². The second-order valence-electron chi connectivity index (χ2n) is 4.71. The smallest absolute Gasteiger partial charge is 0.165 e. The lowest BCUT2D eigenvalue weighted by Gasteiger charge is -2.14. The Bertz CT molecular complexity index is 504. The molecule has 0 amide bonds. The number of rotatable bonds is 5. The van der Waals surface area contributed by atoms with Gasteiger partial charge in [0, 0.05) is 24.8 Å². The summed E-state index contributed by atoms with van der Waals surface area (Å²) in [6.07, 6.45) is 2.90. The van der Waals surface area contributed by atoms with Crippen molar-refractivity contribution in [3.8, 4) is 11.4 Å². The van der Waals surface area contributed by atoms with E-state index in [0.29, 0.717) is 5.92 Å². The molecule has 1 aromatic carbocycles. The summed E-state index contributed by atoms with van der Waals surface area (Å²) < 4.78 is 1.93. The SMILES string of the molecule is CCC(C)CNc1ccccc1-c1nncn1C. The van der Waals surface area contributed by atoms with Gasteiger partial charge in [-0.2, -0.15) is 0 Å². The zero-order valence-corrected chi connectivity index (χ0v) is 11.2. The molecule has 0 saturated carbocycles. The highest BCUT2D eigenvalue weighted by atomic mass is 15.2. The highest BCUT2D eigenvalue weighted by Gasteiger charge is 2.09. The van der Waals surface area contributed by atoms with E-state index in [0.717, 1.165) is 23.6 Å². The quantitative estimate of drug-likeness (QED) is 0.879. The summed E-state index contributed by atoms with van der Waals surface area (Å²) in [6, 6.07) is 8.23. The molecule has 2 aromatic rings. The number of nitrogens with zero attached hydrogens (tertiary/aromatic N) is 3. The van der Waals surface area contributed by atoms with Crippen LogP contribution in [0.1, 0.15) is 20.3 Å². The molecule has 0 aliphatic rings. The fourth-order valence-corrected chi connectivity index (χ4v) is 1.79. The van der Waals surface area contributed by atoms with Crippen LogP contribution in [0.15, 0.2) is 30.6 Å². The number of aryl methyl sites for hydroxylation is 1. The van der Waals surface area contributed by atoms with E-state index < -0.39 is 0 Å². The molecule has 2 rings (SSSR count). The summed E-state index contributed by atoms with van der Waals surface area (Å²) in [5.41, 5.74) is 2.22. The van der Waals surface area contributed by atoms with Crippen LogP contribution in [0.3, 0.4) is 0 Å².